The van der Waals surface area contributed by atoms with Crippen molar-refractivity contribution in [3.05, 3.63) is 29.8 Å². The van der Waals surface area contributed by atoms with Crippen molar-refractivity contribution in [1.82, 2.24) is 9.80 Å². The molecule has 1 unspecified atom stereocenters. The van der Waals surface area contributed by atoms with Crippen molar-refractivity contribution in [2.24, 2.45) is 5.92 Å². The maximum Gasteiger partial charge on any atom is 0.226 e. The summed E-state index contributed by atoms with van der Waals surface area (Å²) in [5, 5.41) is 0. The molecule has 0 saturated carbocycles. The van der Waals surface area contributed by atoms with Gasteiger partial charge < -0.3 is 14.7 Å². The van der Waals surface area contributed by atoms with Gasteiger partial charge in [0.15, 0.2) is 0 Å². The standard InChI is InChI=1S/C17H21F2N3O2/c1-20-6-5-12(11-15(20)23)17(24)22-9-7-21(8-10-22)16-13(18)3-2-4-14(16)19/h2-4,12H,5-11H2,1H3. The summed E-state index contributed by atoms with van der Waals surface area (Å²) in [5.74, 6) is -1.48. The van der Waals surface area contributed by atoms with E-state index in [1.54, 1.807) is 21.7 Å². The van der Waals surface area contributed by atoms with Crippen LogP contribution in [0.5, 0.6) is 0 Å². The first-order valence-corrected chi connectivity index (χ1v) is 8.19. The second-order valence-corrected chi connectivity index (χ2v) is 6.39. The van der Waals surface area contributed by atoms with E-state index in [0.29, 0.717) is 39.1 Å². The molecule has 3 rings (SSSR count). The molecule has 130 valence electrons. The lowest BCUT2D eigenvalue weighted by Gasteiger charge is -2.38. The third-order valence-corrected chi connectivity index (χ3v) is 4.85. The lowest BCUT2D eigenvalue weighted by atomic mass is 9.94. The molecule has 2 heterocycles. The summed E-state index contributed by atoms with van der Waals surface area (Å²) in [5.41, 5.74) is -0.0286. The molecule has 2 fully saturated rings. The van der Waals surface area contributed by atoms with Crippen LogP contribution in [0.1, 0.15) is 12.8 Å². The van der Waals surface area contributed by atoms with Gasteiger partial charge in [-0.1, -0.05) is 6.07 Å². The van der Waals surface area contributed by atoms with Crippen LogP contribution in [0.3, 0.4) is 0 Å². The Hall–Kier alpha value is -2.18. The number of anilines is 1. The zero-order valence-corrected chi connectivity index (χ0v) is 13.7. The molecule has 2 amide bonds. The SMILES string of the molecule is CN1CCC(C(=O)N2CCN(c3c(F)cccc3F)CC2)CC1=O. The molecule has 0 aromatic heterocycles. The number of nitrogens with zero attached hydrogens (tertiary/aromatic N) is 3. The van der Waals surface area contributed by atoms with E-state index in [1.807, 2.05) is 0 Å². The Balaban J connectivity index is 1.61. The van der Waals surface area contributed by atoms with Gasteiger partial charge in [-0.3, -0.25) is 9.59 Å². The van der Waals surface area contributed by atoms with Gasteiger partial charge >= 0.3 is 0 Å². The van der Waals surface area contributed by atoms with Gasteiger partial charge in [-0.15, -0.1) is 0 Å². The number of hydrogen-bond acceptors (Lipinski definition) is 3. The first kappa shape index (κ1) is 16.7. The summed E-state index contributed by atoms with van der Waals surface area (Å²) >= 11 is 0. The molecular weight excluding hydrogens is 316 g/mol. The number of amides is 2. The summed E-state index contributed by atoms with van der Waals surface area (Å²) in [6.07, 6.45) is 0.917. The zero-order valence-electron chi connectivity index (χ0n) is 13.7. The maximum atomic E-state index is 13.9. The molecule has 1 aromatic rings. The van der Waals surface area contributed by atoms with Crippen LogP contribution in [0.4, 0.5) is 14.5 Å². The van der Waals surface area contributed by atoms with Gasteiger partial charge in [0.2, 0.25) is 11.8 Å². The van der Waals surface area contributed by atoms with Crippen molar-refractivity contribution in [2.75, 3.05) is 44.7 Å². The van der Waals surface area contributed by atoms with Crippen molar-refractivity contribution in [1.29, 1.82) is 0 Å². The van der Waals surface area contributed by atoms with Gasteiger partial charge in [-0.2, -0.15) is 0 Å². The zero-order chi connectivity index (χ0) is 17.3. The molecule has 0 aliphatic carbocycles. The van der Waals surface area contributed by atoms with Gasteiger partial charge in [0.25, 0.3) is 0 Å². The number of para-hydroxylation sites is 1. The minimum absolute atomic E-state index is 0.00772. The summed E-state index contributed by atoms with van der Waals surface area (Å²) in [7, 11) is 1.74. The highest BCUT2D eigenvalue weighted by atomic mass is 19.1. The molecule has 1 atom stereocenters. The van der Waals surface area contributed by atoms with Crippen LogP contribution in [0, 0.1) is 17.6 Å². The van der Waals surface area contributed by atoms with Crippen molar-refractivity contribution in [3.8, 4) is 0 Å². The molecule has 0 spiro atoms. The van der Waals surface area contributed by atoms with Crippen LogP contribution in [-0.2, 0) is 9.59 Å². The quantitative estimate of drug-likeness (QED) is 0.821. The molecule has 0 bridgehead atoms. The first-order valence-electron chi connectivity index (χ1n) is 8.19. The van der Waals surface area contributed by atoms with E-state index in [9.17, 15) is 18.4 Å². The average Bonchev–Trinajstić information content (AvgIpc) is 2.57. The number of piperidine rings is 1. The van der Waals surface area contributed by atoms with Gasteiger partial charge in [0, 0.05) is 52.1 Å². The van der Waals surface area contributed by atoms with Gasteiger partial charge in [-0.25, -0.2) is 8.78 Å². The number of piperazine rings is 1. The van der Waals surface area contributed by atoms with Crippen LogP contribution < -0.4 is 4.90 Å². The van der Waals surface area contributed by atoms with Crippen LogP contribution in [0.25, 0.3) is 0 Å². The van der Waals surface area contributed by atoms with Crippen molar-refractivity contribution in [3.63, 3.8) is 0 Å². The predicted molar refractivity (Wildman–Crippen MR) is 85.5 cm³/mol. The number of carbonyl (C=O) groups is 2. The normalized spacial score (nSPS) is 22.0. The summed E-state index contributed by atoms with van der Waals surface area (Å²) < 4.78 is 27.7. The minimum atomic E-state index is -0.587. The number of carbonyl (C=O) groups excluding carboxylic acids is 2. The maximum absolute atomic E-state index is 13.9. The van der Waals surface area contributed by atoms with Crippen LogP contribution in [-0.4, -0.2) is 61.4 Å². The van der Waals surface area contributed by atoms with Gasteiger partial charge in [0.1, 0.15) is 17.3 Å². The molecule has 24 heavy (non-hydrogen) atoms. The Morgan fingerprint density at radius 2 is 1.71 bits per heavy atom. The van der Waals surface area contributed by atoms with Crippen molar-refractivity contribution >= 4 is 17.5 Å². The fraction of sp³-hybridized carbons (Fsp3) is 0.529. The molecule has 1 aromatic carbocycles. The molecule has 2 saturated heterocycles. The predicted octanol–water partition coefficient (Wildman–Crippen LogP) is 1.48. The van der Waals surface area contributed by atoms with Gasteiger partial charge in [0.05, 0.1) is 0 Å². The number of halogens is 2. The highest BCUT2D eigenvalue weighted by Gasteiger charge is 2.33. The summed E-state index contributed by atoms with van der Waals surface area (Å²) in [4.78, 5) is 29.3. The summed E-state index contributed by atoms with van der Waals surface area (Å²) in [6.45, 7) is 2.17. The Kier molecular flexibility index (Phi) is 4.69. The molecule has 2 aliphatic rings. The highest BCUT2D eigenvalue weighted by Crippen LogP contribution is 2.25. The third kappa shape index (κ3) is 3.20. The molecule has 0 radical (unpaired) electrons. The van der Waals surface area contributed by atoms with E-state index in [-0.39, 0.29) is 29.8 Å². The molecule has 2 aliphatic heterocycles. The number of rotatable bonds is 2. The largest absolute Gasteiger partial charge is 0.363 e. The lowest BCUT2D eigenvalue weighted by molar-refractivity contribution is -0.144. The number of hydrogen-bond donors (Lipinski definition) is 0. The van der Waals surface area contributed by atoms with Crippen LogP contribution in [0.2, 0.25) is 0 Å². The van der Waals surface area contributed by atoms with E-state index in [1.165, 1.54) is 18.2 Å². The fourth-order valence-corrected chi connectivity index (χ4v) is 3.35. The topological polar surface area (TPSA) is 43.9 Å². The minimum Gasteiger partial charge on any atom is -0.363 e. The number of benzene rings is 1. The van der Waals surface area contributed by atoms with E-state index in [2.05, 4.69) is 0 Å². The first-order chi connectivity index (χ1) is 11.5. The second-order valence-electron chi connectivity index (χ2n) is 6.39. The molecule has 5 nitrogen and oxygen atoms in total. The fourth-order valence-electron chi connectivity index (χ4n) is 3.35. The Morgan fingerprint density at radius 3 is 2.29 bits per heavy atom. The van der Waals surface area contributed by atoms with E-state index >= 15 is 0 Å². The van der Waals surface area contributed by atoms with E-state index in [0.717, 1.165) is 0 Å². The summed E-state index contributed by atoms with van der Waals surface area (Å²) in [6, 6.07) is 3.81. The lowest BCUT2D eigenvalue weighted by Crippen LogP contribution is -2.52. The molecular formula is C17H21F2N3O2. The molecule has 0 N–H and O–H groups in total. The Labute approximate surface area is 139 Å². The Morgan fingerprint density at radius 1 is 1.08 bits per heavy atom. The highest BCUT2D eigenvalue weighted by molar-refractivity contribution is 5.87. The van der Waals surface area contributed by atoms with Crippen molar-refractivity contribution in [2.45, 2.75) is 12.8 Å². The average molecular weight is 337 g/mol. The van der Waals surface area contributed by atoms with Crippen molar-refractivity contribution < 1.29 is 18.4 Å². The van der Waals surface area contributed by atoms with Crippen LogP contribution in [0.15, 0.2) is 18.2 Å². The van der Waals surface area contributed by atoms with E-state index < -0.39 is 11.6 Å². The Bertz CT molecular complexity index is 624. The second kappa shape index (κ2) is 6.75. The van der Waals surface area contributed by atoms with Gasteiger partial charge in [-0.05, 0) is 18.6 Å². The van der Waals surface area contributed by atoms with E-state index in [4.69, 9.17) is 0 Å². The molecule has 7 heteroatoms. The number of likely N-dealkylation sites (tertiary alicyclic amines) is 1. The smallest absolute Gasteiger partial charge is 0.226 e. The monoisotopic (exact) mass is 337 g/mol. The third-order valence-electron chi connectivity index (χ3n) is 4.85. The van der Waals surface area contributed by atoms with Crippen LogP contribution >= 0.6 is 0 Å².